The van der Waals surface area contributed by atoms with Gasteiger partial charge in [0.1, 0.15) is 4.21 Å². The molecular weight excluding hydrogens is 294 g/mol. The van der Waals surface area contributed by atoms with E-state index >= 15 is 0 Å². The molecule has 2 heterocycles. The third-order valence-corrected chi connectivity index (χ3v) is 5.78. The Kier molecular flexibility index (Phi) is 4.87. The van der Waals surface area contributed by atoms with Crippen molar-refractivity contribution in [3.63, 3.8) is 0 Å². The highest BCUT2D eigenvalue weighted by Crippen LogP contribution is 2.21. The van der Waals surface area contributed by atoms with E-state index < -0.39 is 10.0 Å². The fourth-order valence-corrected chi connectivity index (χ4v) is 4.11. The molecule has 0 unspecified atom stereocenters. The number of hydrogen-bond acceptors (Lipinski definition) is 5. The number of rotatable bonds is 6. The molecule has 20 heavy (non-hydrogen) atoms. The van der Waals surface area contributed by atoms with Crippen LogP contribution in [0, 0.1) is 6.92 Å². The van der Waals surface area contributed by atoms with E-state index in [4.69, 9.17) is 0 Å². The minimum absolute atomic E-state index is 0.203. The van der Waals surface area contributed by atoms with Gasteiger partial charge in [0.2, 0.25) is 10.0 Å². The van der Waals surface area contributed by atoms with Gasteiger partial charge in [0.15, 0.2) is 0 Å². The van der Waals surface area contributed by atoms with Gasteiger partial charge in [-0.25, -0.2) is 13.1 Å². The second-order valence-electron chi connectivity index (χ2n) is 4.34. The van der Waals surface area contributed by atoms with E-state index in [0.717, 1.165) is 16.1 Å². The summed E-state index contributed by atoms with van der Waals surface area (Å²) in [6, 6.07) is 7.19. The predicted octanol–water partition coefficient (Wildman–Crippen LogP) is 1.65. The van der Waals surface area contributed by atoms with E-state index in [1.54, 1.807) is 12.3 Å². The Balaban J connectivity index is 2.09. The lowest BCUT2D eigenvalue weighted by Crippen LogP contribution is -2.23. The molecule has 108 valence electrons. The van der Waals surface area contributed by atoms with Crippen molar-refractivity contribution in [1.29, 1.82) is 0 Å². The topological polar surface area (TPSA) is 71.1 Å². The molecule has 2 aromatic heterocycles. The number of hydrogen-bond donors (Lipinski definition) is 2. The third kappa shape index (κ3) is 3.63. The van der Waals surface area contributed by atoms with Gasteiger partial charge in [0.25, 0.3) is 0 Å². The van der Waals surface area contributed by atoms with Crippen LogP contribution in [0.25, 0.3) is 0 Å². The van der Waals surface area contributed by atoms with E-state index in [1.165, 1.54) is 11.3 Å². The van der Waals surface area contributed by atoms with Crippen LogP contribution < -0.4 is 10.0 Å². The fraction of sp³-hybridized carbons (Fsp3) is 0.308. The van der Waals surface area contributed by atoms with Crippen LogP contribution in [0.1, 0.15) is 16.1 Å². The Morgan fingerprint density at radius 3 is 2.75 bits per heavy atom. The average molecular weight is 311 g/mol. The lowest BCUT2D eigenvalue weighted by Gasteiger charge is -2.06. The molecular formula is C13H17N3O2S2. The van der Waals surface area contributed by atoms with Crippen molar-refractivity contribution >= 4 is 21.4 Å². The largest absolute Gasteiger partial charge is 0.315 e. The Bertz CT molecular complexity index is 680. The Morgan fingerprint density at radius 2 is 2.05 bits per heavy atom. The monoisotopic (exact) mass is 311 g/mol. The fourth-order valence-electron chi connectivity index (χ4n) is 1.71. The second-order valence-corrected chi connectivity index (χ2v) is 7.50. The summed E-state index contributed by atoms with van der Waals surface area (Å²) in [5.41, 5.74) is 1.71. The lowest BCUT2D eigenvalue weighted by atomic mass is 10.2. The second kappa shape index (κ2) is 6.45. The highest BCUT2D eigenvalue weighted by Gasteiger charge is 2.17. The maximum absolute atomic E-state index is 12.2. The van der Waals surface area contributed by atoms with Crippen LogP contribution in [0.3, 0.4) is 0 Å². The van der Waals surface area contributed by atoms with Gasteiger partial charge in [-0.05, 0) is 37.7 Å². The molecule has 0 saturated carbocycles. The van der Waals surface area contributed by atoms with E-state index in [9.17, 15) is 8.42 Å². The van der Waals surface area contributed by atoms with Gasteiger partial charge in [0.05, 0.1) is 12.2 Å². The summed E-state index contributed by atoms with van der Waals surface area (Å²) in [6.07, 6.45) is 1.66. The molecule has 0 aliphatic carbocycles. The first-order valence-electron chi connectivity index (χ1n) is 6.16. The molecule has 7 heteroatoms. The van der Waals surface area contributed by atoms with Crippen molar-refractivity contribution in [2.45, 2.75) is 24.2 Å². The van der Waals surface area contributed by atoms with Crippen LogP contribution >= 0.6 is 11.3 Å². The standard InChI is InChI=1S/C13H17N3O2S2/c1-10-4-3-7-15-12(10)9-16-20(17,18)13-6-5-11(19-13)8-14-2/h3-7,14,16H,8-9H2,1-2H3. The maximum Gasteiger partial charge on any atom is 0.250 e. The Labute approximate surface area is 123 Å². The van der Waals surface area contributed by atoms with E-state index in [-0.39, 0.29) is 6.54 Å². The Hall–Kier alpha value is -1.28. The van der Waals surface area contributed by atoms with E-state index in [0.29, 0.717) is 10.8 Å². The summed E-state index contributed by atoms with van der Waals surface area (Å²) in [4.78, 5) is 5.16. The maximum atomic E-state index is 12.2. The molecule has 0 aromatic carbocycles. The van der Waals surface area contributed by atoms with Crippen molar-refractivity contribution in [1.82, 2.24) is 15.0 Å². The van der Waals surface area contributed by atoms with Crippen LogP contribution in [0.15, 0.2) is 34.7 Å². The van der Waals surface area contributed by atoms with Gasteiger partial charge in [0, 0.05) is 17.6 Å². The minimum Gasteiger partial charge on any atom is -0.315 e. The number of pyridine rings is 1. The normalized spacial score (nSPS) is 11.7. The molecule has 2 N–H and O–H groups in total. The summed E-state index contributed by atoms with van der Waals surface area (Å²) in [5, 5.41) is 3.00. The highest BCUT2D eigenvalue weighted by atomic mass is 32.2. The highest BCUT2D eigenvalue weighted by molar-refractivity contribution is 7.91. The SMILES string of the molecule is CNCc1ccc(S(=O)(=O)NCc2ncccc2C)s1. The van der Waals surface area contributed by atoms with Gasteiger partial charge in [-0.3, -0.25) is 4.98 Å². The molecule has 2 aromatic rings. The van der Waals surface area contributed by atoms with Gasteiger partial charge in [-0.15, -0.1) is 11.3 Å². The van der Waals surface area contributed by atoms with Gasteiger partial charge < -0.3 is 5.32 Å². The molecule has 0 bridgehead atoms. The summed E-state index contributed by atoms with van der Waals surface area (Å²) in [6.45, 7) is 2.78. The van der Waals surface area contributed by atoms with Crippen molar-refractivity contribution in [2.75, 3.05) is 7.05 Å². The predicted molar refractivity (Wildman–Crippen MR) is 80.1 cm³/mol. The molecule has 0 aliphatic heterocycles. The number of sulfonamides is 1. The van der Waals surface area contributed by atoms with Crippen LogP contribution in [0.2, 0.25) is 0 Å². The van der Waals surface area contributed by atoms with Gasteiger partial charge >= 0.3 is 0 Å². The van der Waals surface area contributed by atoms with Crippen molar-refractivity contribution in [2.24, 2.45) is 0 Å². The number of nitrogens with one attached hydrogen (secondary N) is 2. The molecule has 0 atom stereocenters. The smallest absolute Gasteiger partial charge is 0.250 e. The molecule has 0 fully saturated rings. The van der Waals surface area contributed by atoms with Gasteiger partial charge in [-0.1, -0.05) is 6.07 Å². The zero-order valence-electron chi connectivity index (χ0n) is 11.4. The van der Waals surface area contributed by atoms with E-state index in [2.05, 4.69) is 15.0 Å². The minimum atomic E-state index is -3.47. The average Bonchev–Trinajstić information content (AvgIpc) is 2.88. The number of nitrogens with zero attached hydrogens (tertiary/aromatic N) is 1. The first-order valence-corrected chi connectivity index (χ1v) is 8.46. The molecule has 5 nitrogen and oxygen atoms in total. The molecule has 0 saturated heterocycles. The van der Waals surface area contributed by atoms with Gasteiger partial charge in [-0.2, -0.15) is 0 Å². The third-order valence-electron chi connectivity index (χ3n) is 2.80. The molecule has 0 amide bonds. The zero-order valence-corrected chi connectivity index (χ0v) is 13.0. The molecule has 2 rings (SSSR count). The first kappa shape index (κ1) is 15.1. The summed E-state index contributed by atoms with van der Waals surface area (Å²) < 4.78 is 27.3. The van der Waals surface area contributed by atoms with Crippen molar-refractivity contribution in [3.8, 4) is 0 Å². The van der Waals surface area contributed by atoms with Crippen LogP contribution in [0.4, 0.5) is 0 Å². The van der Waals surface area contributed by atoms with Crippen LogP contribution in [-0.2, 0) is 23.1 Å². The molecule has 0 radical (unpaired) electrons. The summed E-state index contributed by atoms with van der Waals surface area (Å²) in [5.74, 6) is 0. The number of thiophene rings is 1. The lowest BCUT2D eigenvalue weighted by molar-refractivity contribution is 0.582. The summed E-state index contributed by atoms with van der Waals surface area (Å²) in [7, 11) is -1.64. The first-order chi connectivity index (χ1) is 9.53. The van der Waals surface area contributed by atoms with Crippen LogP contribution in [-0.4, -0.2) is 20.4 Å². The molecule has 0 spiro atoms. The van der Waals surface area contributed by atoms with Crippen molar-refractivity contribution < 1.29 is 8.42 Å². The zero-order chi connectivity index (χ0) is 14.6. The number of aromatic nitrogens is 1. The Morgan fingerprint density at radius 1 is 1.25 bits per heavy atom. The van der Waals surface area contributed by atoms with Crippen molar-refractivity contribution in [3.05, 3.63) is 46.6 Å². The molecule has 0 aliphatic rings. The quantitative estimate of drug-likeness (QED) is 0.851. The van der Waals surface area contributed by atoms with E-state index in [1.807, 2.05) is 32.2 Å². The summed E-state index contributed by atoms with van der Waals surface area (Å²) >= 11 is 1.27. The van der Waals surface area contributed by atoms with Crippen LogP contribution in [0.5, 0.6) is 0 Å². The number of aryl methyl sites for hydroxylation is 1.